The highest BCUT2D eigenvalue weighted by molar-refractivity contribution is 5.94. The summed E-state index contributed by atoms with van der Waals surface area (Å²) in [6.07, 6.45) is 0.835. The summed E-state index contributed by atoms with van der Waals surface area (Å²) in [5.74, 6) is -0.873. The first-order chi connectivity index (χ1) is 7.20. The maximum atomic E-state index is 11.3. The van der Waals surface area contributed by atoms with Crippen LogP contribution < -0.4 is 0 Å². The van der Waals surface area contributed by atoms with Crippen molar-refractivity contribution in [3.63, 3.8) is 0 Å². The number of ether oxygens (including phenoxy) is 1. The molecule has 0 fully saturated rings. The van der Waals surface area contributed by atoms with E-state index in [0.29, 0.717) is 0 Å². The monoisotopic (exact) mass is 205 g/mol. The molecule has 1 aromatic rings. The predicted octanol–water partition coefficient (Wildman–Crippen LogP) is 2.18. The molecular formula is C10H9N2O3+. The molecule has 0 spiro atoms. The number of methoxy groups -OCH3 is 1. The number of carbonyl (C=O) groups is 1. The maximum absolute atomic E-state index is 11.3. The fourth-order valence-corrected chi connectivity index (χ4v) is 1.12. The van der Waals surface area contributed by atoms with Crippen molar-refractivity contribution >= 4 is 11.7 Å². The van der Waals surface area contributed by atoms with Gasteiger partial charge in [0.1, 0.15) is 0 Å². The Kier molecular flexibility index (Phi) is 3.41. The first kappa shape index (κ1) is 10.7. The topological polar surface area (TPSA) is 74.7 Å². The highest BCUT2D eigenvalue weighted by atomic mass is 16.5. The van der Waals surface area contributed by atoms with Gasteiger partial charge in [0.15, 0.2) is 4.98 Å². The van der Waals surface area contributed by atoms with Crippen LogP contribution >= 0.6 is 0 Å². The van der Waals surface area contributed by atoms with E-state index in [4.69, 9.17) is 5.39 Å². The van der Waals surface area contributed by atoms with E-state index in [1.54, 1.807) is 12.1 Å². The van der Waals surface area contributed by atoms with E-state index < -0.39 is 5.97 Å². The zero-order valence-corrected chi connectivity index (χ0v) is 8.04. The molecule has 76 valence electrons. The lowest BCUT2D eigenvalue weighted by Crippen LogP contribution is -2.04. The molecule has 1 aromatic carbocycles. The fraction of sp³-hybridized carbons (Fsp3) is 0.100. The van der Waals surface area contributed by atoms with Crippen LogP contribution in [0.3, 0.4) is 0 Å². The average molecular weight is 205 g/mol. The summed E-state index contributed by atoms with van der Waals surface area (Å²) < 4.78 is 4.53. The summed E-state index contributed by atoms with van der Waals surface area (Å²) in [5, 5.41) is 17.7. The summed E-state index contributed by atoms with van der Waals surface area (Å²) in [4.78, 5) is 14.0. The Bertz CT molecular complexity index is 446. The van der Waals surface area contributed by atoms with Crippen molar-refractivity contribution in [1.82, 2.24) is 0 Å². The van der Waals surface area contributed by atoms with E-state index in [2.05, 4.69) is 9.71 Å². The molecule has 0 unspecified atom stereocenters. The Labute approximate surface area is 86.2 Å². The number of aliphatic hydroxyl groups excluding tert-OH is 1. The molecule has 1 rings (SSSR count). The van der Waals surface area contributed by atoms with Crippen molar-refractivity contribution in [2.24, 2.45) is 0 Å². The van der Waals surface area contributed by atoms with Crippen LogP contribution in [-0.4, -0.2) is 18.2 Å². The minimum absolute atomic E-state index is 0.206. The smallest absolute Gasteiger partial charge is 0.392 e. The Morgan fingerprint density at radius 1 is 1.47 bits per heavy atom. The number of nitrogens with zero attached hydrogens (tertiary/aromatic N) is 2. The minimum atomic E-state index is -0.566. The normalized spacial score (nSPS) is 10.5. The van der Waals surface area contributed by atoms with Gasteiger partial charge in [0, 0.05) is 5.56 Å². The number of aliphatic hydroxyl groups is 1. The summed E-state index contributed by atoms with van der Waals surface area (Å²) >= 11 is 0. The highest BCUT2D eigenvalue weighted by Gasteiger charge is 2.15. The lowest BCUT2D eigenvalue weighted by atomic mass is 10.1. The molecule has 0 saturated heterocycles. The molecule has 0 aromatic heterocycles. The summed E-state index contributed by atoms with van der Waals surface area (Å²) in [7, 11) is 1.25. The van der Waals surface area contributed by atoms with Gasteiger partial charge in [-0.05, 0) is 6.07 Å². The van der Waals surface area contributed by atoms with Crippen LogP contribution in [0.1, 0.15) is 15.9 Å². The molecule has 0 amide bonds. The number of hydrogen-bond donors (Lipinski definition) is 1. The van der Waals surface area contributed by atoms with Crippen LogP contribution in [0.25, 0.3) is 10.7 Å². The van der Waals surface area contributed by atoms with Gasteiger partial charge in [0.25, 0.3) is 0 Å². The van der Waals surface area contributed by atoms with Crippen molar-refractivity contribution in [3.05, 3.63) is 46.6 Å². The molecule has 0 radical (unpaired) electrons. The molecule has 0 heterocycles. The highest BCUT2D eigenvalue weighted by Crippen LogP contribution is 2.17. The zero-order valence-electron chi connectivity index (χ0n) is 8.04. The summed E-state index contributed by atoms with van der Waals surface area (Å²) in [5.41, 5.74) is 0.458. The molecule has 0 aliphatic heterocycles. The van der Waals surface area contributed by atoms with Gasteiger partial charge in [0.2, 0.25) is 11.2 Å². The van der Waals surface area contributed by atoms with Gasteiger partial charge in [-0.2, -0.15) is 0 Å². The molecule has 15 heavy (non-hydrogen) atoms. The lowest BCUT2D eigenvalue weighted by molar-refractivity contribution is 0.0600. The van der Waals surface area contributed by atoms with Gasteiger partial charge in [-0.25, -0.2) is 4.79 Å². The number of rotatable bonds is 2. The van der Waals surface area contributed by atoms with Crippen LogP contribution in [0.2, 0.25) is 0 Å². The van der Waals surface area contributed by atoms with Gasteiger partial charge in [-0.15, -0.1) is 0 Å². The third kappa shape index (κ3) is 2.31. The predicted molar refractivity (Wildman–Crippen MR) is 53.5 cm³/mol. The van der Waals surface area contributed by atoms with E-state index in [1.807, 2.05) is 0 Å². The Morgan fingerprint density at radius 3 is 2.60 bits per heavy atom. The molecule has 0 bridgehead atoms. The fourth-order valence-electron chi connectivity index (χ4n) is 1.12. The molecule has 0 aliphatic rings. The van der Waals surface area contributed by atoms with E-state index in [-0.39, 0.29) is 16.9 Å². The largest absolute Gasteiger partial charge is 0.501 e. The van der Waals surface area contributed by atoms with Crippen molar-refractivity contribution in [1.29, 1.82) is 5.39 Å². The molecule has 1 N–H and O–H groups in total. The van der Waals surface area contributed by atoms with Crippen LogP contribution in [-0.2, 0) is 4.74 Å². The van der Waals surface area contributed by atoms with Crippen LogP contribution in [0.15, 0.2) is 30.5 Å². The third-order valence-corrected chi connectivity index (χ3v) is 1.79. The SMILES string of the molecule is COC(=O)c1ccccc1/C(O)=C/[N+]#N. The zero-order chi connectivity index (χ0) is 11.3. The first-order valence-corrected chi connectivity index (χ1v) is 4.11. The molecule has 0 aliphatic carbocycles. The van der Waals surface area contributed by atoms with Crippen LogP contribution in [0.5, 0.6) is 0 Å². The minimum Gasteiger partial charge on any atom is -0.501 e. The Hall–Kier alpha value is -2.35. The van der Waals surface area contributed by atoms with Gasteiger partial charge >= 0.3 is 12.2 Å². The Balaban J connectivity index is 3.25. The van der Waals surface area contributed by atoms with Crippen molar-refractivity contribution in [2.45, 2.75) is 0 Å². The number of benzene rings is 1. The summed E-state index contributed by atoms with van der Waals surface area (Å²) in [6.45, 7) is 0. The van der Waals surface area contributed by atoms with Gasteiger partial charge in [-0.1, -0.05) is 18.2 Å². The van der Waals surface area contributed by atoms with Crippen molar-refractivity contribution in [3.8, 4) is 0 Å². The number of carbonyl (C=O) groups excluding carboxylic acids is 1. The molecule has 5 nitrogen and oxygen atoms in total. The lowest BCUT2D eigenvalue weighted by Gasteiger charge is -2.03. The van der Waals surface area contributed by atoms with Gasteiger partial charge < -0.3 is 9.84 Å². The summed E-state index contributed by atoms with van der Waals surface area (Å²) in [6, 6.07) is 6.30. The number of esters is 1. The molecule has 5 heteroatoms. The van der Waals surface area contributed by atoms with E-state index >= 15 is 0 Å². The van der Waals surface area contributed by atoms with Crippen LogP contribution in [0.4, 0.5) is 0 Å². The quantitative estimate of drug-likeness (QED) is 0.456. The van der Waals surface area contributed by atoms with Crippen LogP contribution in [0, 0.1) is 5.39 Å². The second kappa shape index (κ2) is 4.77. The van der Waals surface area contributed by atoms with Gasteiger partial charge in [0.05, 0.1) is 12.7 Å². The average Bonchev–Trinajstić information content (AvgIpc) is 2.28. The number of hydrogen-bond acceptors (Lipinski definition) is 4. The molecular weight excluding hydrogens is 196 g/mol. The van der Waals surface area contributed by atoms with E-state index in [9.17, 15) is 9.90 Å². The Morgan fingerprint density at radius 2 is 2.07 bits per heavy atom. The molecule has 0 atom stereocenters. The standard InChI is InChI=1S/C10H8N2O3/c1-15-10(14)8-5-3-2-4-7(8)9(13)6-12-11/h2-6H,1H3/p+1/b9-6-. The number of diazo groups is 1. The second-order valence-corrected chi connectivity index (χ2v) is 2.67. The maximum Gasteiger partial charge on any atom is 0.392 e. The van der Waals surface area contributed by atoms with Gasteiger partial charge in [-0.3, -0.25) is 0 Å². The second-order valence-electron chi connectivity index (χ2n) is 2.67. The van der Waals surface area contributed by atoms with E-state index in [1.165, 1.54) is 19.2 Å². The van der Waals surface area contributed by atoms with Crippen molar-refractivity contribution in [2.75, 3.05) is 7.11 Å². The third-order valence-electron chi connectivity index (χ3n) is 1.79. The van der Waals surface area contributed by atoms with Crippen molar-refractivity contribution < 1.29 is 14.6 Å². The van der Waals surface area contributed by atoms with E-state index in [0.717, 1.165) is 6.20 Å². The molecule has 0 saturated carbocycles. The first-order valence-electron chi connectivity index (χ1n) is 4.11.